The fourth-order valence-electron chi connectivity index (χ4n) is 3.73. The lowest BCUT2D eigenvalue weighted by molar-refractivity contribution is -0.115. The van der Waals surface area contributed by atoms with E-state index >= 15 is 0 Å². The van der Waals surface area contributed by atoms with Gasteiger partial charge in [-0.2, -0.15) is 0 Å². The molecular weight excluding hydrogens is 511 g/mol. The summed E-state index contributed by atoms with van der Waals surface area (Å²) >= 11 is 12.2. The quantitative estimate of drug-likeness (QED) is 0.235. The Bertz CT molecular complexity index is 1530. The minimum atomic E-state index is -0.331. The Kier molecular flexibility index (Phi) is 7.44. The molecule has 0 saturated carbocycles. The van der Waals surface area contributed by atoms with Crippen molar-refractivity contribution >= 4 is 35.0 Å². The fraction of sp³-hybridized carbons (Fsp3) is 0.0714. The molecule has 1 amide bonds. The molecule has 0 aliphatic rings. The topological polar surface area (TPSA) is 90.1 Å². The number of carbonyl (C=O) groups excluding carboxylic acids is 1. The van der Waals surface area contributed by atoms with Crippen molar-refractivity contribution in [3.05, 3.63) is 113 Å². The smallest absolute Gasteiger partial charge is 0.241 e. The summed E-state index contributed by atoms with van der Waals surface area (Å²) in [7, 11) is 0. The largest absolute Gasteiger partial charge is 0.489 e. The number of hydrogen-bond donors (Lipinski definition) is 1. The summed E-state index contributed by atoms with van der Waals surface area (Å²) in [6.07, 6.45) is 3.06. The third-order valence-corrected chi connectivity index (χ3v) is 6.09. The SMILES string of the molecule is O=C(Cc1ccc(Cl)cc1Cl)Nc1onc(-c2cccc(OCc3ccccc3)c2)c1-c1ccncn1. The zero-order valence-corrected chi connectivity index (χ0v) is 20.9. The van der Waals surface area contributed by atoms with Gasteiger partial charge in [-0.25, -0.2) is 9.97 Å². The summed E-state index contributed by atoms with van der Waals surface area (Å²) in [5, 5.41) is 7.96. The Hall–Kier alpha value is -4.20. The van der Waals surface area contributed by atoms with E-state index in [1.807, 2.05) is 54.6 Å². The molecule has 3 aromatic carbocycles. The van der Waals surface area contributed by atoms with Gasteiger partial charge in [0.15, 0.2) is 0 Å². The highest BCUT2D eigenvalue weighted by Gasteiger charge is 2.23. The first-order valence-corrected chi connectivity index (χ1v) is 12.1. The monoisotopic (exact) mass is 530 g/mol. The number of nitrogens with zero attached hydrogens (tertiary/aromatic N) is 3. The van der Waals surface area contributed by atoms with Gasteiger partial charge in [0.25, 0.3) is 0 Å². The molecule has 2 aromatic heterocycles. The highest BCUT2D eigenvalue weighted by Crippen LogP contribution is 2.38. The first-order valence-electron chi connectivity index (χ1n) is 11.3. The third kappa shape index (κ3) is 5.97. The molecule has 7 nitrogen and oxygen atoms in total. The number of halogens is 2. The highest BCUT2D eigenvalue weighted by molar-refractivity contribution is 6.35. The average Bonchev–Trinajstić information content (AvgIpc) is 3.34. The number of ether oxygens (including phenoxy) is 1. The molecule has 0 spiro atoms. The number of rotatable bonds is 8. The van der Waals surface area contributed by atoms with Crippen LogP contribution in [0.1, 0.15) is 11.1 Å². The molecule has 0 bridgehead atoms. The molecule has 0 saturated heterocycles. The van der Waals surface area contributed by atoms with Crippen LogP contribution in [-0.2, 0) is 17.8 Å². The molecule has 37 heavy (non-hydrogen) atoms. The summed E-state index contributed by atoms with van der Waals surface area (Å²) in [5.41, 5.74) is 4.00. The Morgan fingerprint density at radius 2 is 1.84 bits per heavy atom. The highest BCUT2D eigenvalue weighted by atomic mass is 35.5. The lowest BCUT2D eigenvalue weighted by atomic mass is 10.0. The lowest BCUT2D eigenvalue weighted by Gasteiger charge is -2.09. The van der Waals surface area contributed by atoms with E-state index in [1.54, 1.807) is 30.5 Å². The number of amides is 1. The molecule has 0 unspecified atom stereocenters. The van der Waals surface area contributed by atoms with Gasteiger partial charge in [0.05, 0.1) is 17.7 Å². The second-order valence-electron chi connectivity index (χ2n) is 8.09. The summed E-state index contributed by atoms with van der Waals surface area (Å²) in [6, 6.07) is 24.1. The van der Waals surface area contributed by atoms with Crippen LogP contribution in [0.2, 0.25) is 10.0 Å². The molecule has 5 aromatic rings. The van der Waals surface area contributed by atoms with Crippen molar-refractivity contribution in [2.45, 2.75) is 13.0 Å². The van der Waals surface area contributed by atoms with Crippen LogP contribution in [-0.4, -0.2) is 21.0 Å². The molecule has 0 aliphatic carbocycles. The number of anilines is 1. The van der Waals surface area contributed by atoms with E-state index in [4.69, 9.17) is 32.5 Å². The molecular formula is C28H20Cl2N4O3. The number of benzene rings is 3. The summed E-state index contributed by atoms with van der Waals surface area (Å²) in [5.74, 6) is 0.502. The standard InChI is InChI=1S/C28H20Cl2N4O3/c29-21-10-9-19(23(30)15-21)14-25(35)33-28-26(24-11-12-31-17-32-24)27(34-37-28)20-7-4-8-22(13-20)36-16-18-5-2-1-3-6-18/h1-13,15,17H,14,16H2,(H,33,35). The first-order chi connectivity index (χ1) is 18.1. The van der Waals surface area contributed by atoms with E-state index in [9.17, 15) is 4.79 Å². The van der Waals surface area contributed by atoms with Crippen LogP contribution >= 0.6 is 23.2 Å². The third-order valence-electron chi connectivity index (χ3n) is 5.51. The molecule has 2 heterocycles. The van der Waals surface area contributed by atoms with Crippen molar-refractivity contribution in [2.75, 3.05) is 5.32 Å². The van der Waals surface area contributed by atoms with Gasteiger partial charge in [-0.15, -0.1) is 0 Å². The summed E-state index contributed by atoms with van der Waals surface area (Å²) < 4.78 is 11.6. The van der Waals surface area contributed by atoms with E-state index in [0.717, 1.165) is 11.1 Å². The molecule has 184 valence electrons. The maximum Gasteiger partial charge on any atom is 0.241 e. The van der Waals surface area contributed by atoms with Gasteiger partial charge < -0.3 is 9.26 Å². The van der Waals surface area contributed by atoms with E-state index in [0.29, 0.717) is 44.9 Å². The number of aromatic nitrogens is 3. The Balaban J connectivity index is 1.43. The normalized spacial score (nSPS) is 10.8. The van der Waals surface area contributed by atoms with Crippen LogP contribution in [0.25, 0.3) is 22.5 Å². The van der Waals surface area contributed by atoms with E-state index < -0.39 is 0 Å². The van der Waals surface area contributed by atoms with Crippen molar-refractivity contribution in [2.24, 2.45) is 0 Å². The predicted octanol–water partition coefficient (Wildman–Crippen LogP) is 6.87. The van der Waals surface area contributed by atoms with Gasteiger partial charge in [-0.05, 0) is 41.5 Å². The molecule has 0 fully saturated rings. The van der Waals surface area contributed by atoms with Crippen LogP contribution in [0.4, 0.5) is 5.88 Å². The van der Waals surface area contributed by atoms with Crippen LogP contribution in [0, 0.1) is 0 Å². The summed E-state index contributed by atoms with van der Waals surface area (Å²) in [4.78, 5) is 21.2. The van der Waals surface area contributed by atoms with Gasteiger partial charge in [0, 0.05) is 21.8 Å². The Labute approximate surface area is 223 Å². The zero-order valence-electron chi connectivity index (χ0n) is 19.4. The number of carbonyl (C=O) groups is 1. The number of hydrogen-bond acceptors (Lipinski definition) is 6. The maximum absolute atomic E-state index is 12.9. The fourth-order valence-corrected chi connectivity index (χ4v) is 4.21. The van der Waals surface area contributed by atoms with Crippen LogP contribution in [0.5, 0.6) is 5.75 Å². The lowest BCUT2D eigenvalue weighted by Crippen LogP contribution is -2.14. The number of nitrogens with one attached hydrogen (secondary N) is 1. The summed E-state index contributed by atoms with van der Waals surface area (Å²) in [6.45, 7) is 0.427. The van der Waals surface area contributed by atoms with Crippen molar-refractivity contribution in [1.82, 2.24) is 15.1 Å². The van der Waals surface area contributed by atoms with Crippen LogP contribution < -0.4 is 10.1 Å². The minimum Gasteiger partial charge on any atom is -0.489 e. The van der Waals surface area contributed by atoms with E-state index in [-0.39, 0.29) is 18.2 Å². The molecule has 0 radical (unpaired) electrons. The van der Waals surface area contributed by atoms with Crippen LogP contribution in [0.3, 0.4) is 0 Å². The predicted molar refractivity (Wildman–Crippen MR) is 143 cm³/mol. The van der Waals surface area contributed by atoms with Crippen molar-refractivity contribution in [3.8, 4) is 28.3 Å². The van der Waals surface area contributed by atoms with Crippen molar-refractivity contribution in [3.63, 3.8) is 0 Å². The molecule has 1 N–H and O–H groups in total. The van der Waals surface area contributed by atoms with Crippen molar-refractivity contribution in [1.29, 1.82) is 0 Å². The molecule has 0 atom stereocenters. The van der Waals surface area contributed by atoms with E-state index in [2.05, 4.69) is 20.4 Å². The van der Waals surface area contributed by atoms with Gasteiger partial charge in [0.1, 0.15) is 24.4 Å². The molecule has 9 heteroatoms. The van der Waals surface area contributed by atoms with Gasteiger partial charge in [-0.3, -0.25) is 10.1 Å². The second kappa shape index (κ2) is 11.2. The maximum atomic E-state index is 12.9. The van der Waals surface area contributed by atoms with Gasteiger partial charge >= 0.3 is 0 Å². The minimum absolute atomic E-state index is 0.0259. The Morgan fingerprint density at radius 3 is 2.62 bits per heavy atom. The molecule has 0 aliphatic heterocycles. The van der Waals surface area contributed by atoms with Gasteiger partial charge in [-0.1, -0.05) is 76.9 Å². The van der Waals surface area contributed by atoms with E-state index in [1.165, 1.54) is 6.33 Å². The van der Waals surface area contributed by atoms with Crippen LogP contribution in [0.15, 0.2) is 95.9 Å². The second-order valence-corrected chi connectivity index (χ2v) is 8.94. The average molecular weight is 531 g/mol. The van der Waals surface area contributed by atoms with Gasteiger partial charge in [0.2, 0.25) is 11.8 Å². The first kappa shape index (κ1) is 24.5. The zero-order chi connectivity index (χ0) is 25.6. The Morgan fingerprint density at radius 1 is 0.973 bits per heavy atom. The van der Waals surface area contributed by atoms with Crippen molar-refractivity contribution < 1.29 is 14.1 Å². The molecule has 5 rings (SSSR count).